The lowest BCUT2D eigenvalue weighted by Crippen LogP contribution is -2.29. The third-order valence-corrected chi connectivity index (χ3v) is 3.26. The minimum absolute atomic E-state index is 0.326. The standard InChI is InChI=1S/C16H15NO3S/c1-17(13-6-4-3-5-7-13)16(21)20-14-10-8-12(9-11-14)15(18)19-2/h3-11H,1-2H3. The van der Waals surface area contributed by atoms with Gasteiger partial charge in [0.15, 0.2) is 0 Å². The van der Waals surface area contributed by atoms with Crippen molar-refractivity contribution in [2.24, 2.45) is 0 Å². The third kappa shape index (κ3) is 3.79. The molecule has 5 heteroatoms. The molecule has 0 radical (unpaired) electrons. The molecule has 0 aliphatic rings. The molecule has 0 heterocycles. The van der Waals surface area contributed by atoms with E-state index in [1.165, 1.54) is 7.11 Å². The molecule has 0 aromatic heterocycles. The van der Waals surface area contributed by atoms with Crippen molar-refractivity contribution in [3.63, 3.8) is 0 Å². The Morgan fingerprint density at radius 1 is 1.05 bits per heavy atom. The molecule has 108 valence electrons. The van der Waals surface area contributed by atoms with Crippen molar-refractivity contribution in [3.05, 3.63) is 60.2 Å². The van der Waals surface area contributed by atoms with Crippen LogP contribution in [0.4, 0.5) is 5.69 Å². The van der Waals surface area contributed by atoms with E-state index in [9.17, 15) is 4.79 Å². The smallest absolute Gasteiger partial charge is 0.337 e. The Balaban J connectivity index is 2.04. The quantitative estimate of drug-likeness (QED) is 0.642. The Kier molecular flexibility index (Phi) is 4.90. The lowest BCUT2D eigenvalue weighted by atomic mass is 10.2. The predicted octanol–water partition coefficient (Wildman–Crippen LogP) is 3.27. The molecule has 0 aliphatic carbocycles. The summed E-state index contributed by atoms with van der Waals surface area (Å²) in [4.78, 5) is 13.1. The van der Waals surface area contributed by atoms with Gasteiger partial charge < -0.3 is 14.4 Å². The summed E-state index contributed by atoms with van der Waals surface area (Å²) in [5, 5.41) is 0.326. The fourth-order valence-electron chi connectivity index (χ4n) is 1.70. The first kappa shape index (κ1) is 15.0. The Morgan fingerprint density at radius 3 is 2.24 bits per heavy atom. The van der Waals surface area contributed by atoms with Gasteiger partial charge in [-0.05, 0) is 48.6 Å². The first-order valence-corrected chi connectivity index (χ1v) is 6.71. The Bertz CT molecular complexity index is 626. The van der Waals surface area contributed by atoms with Gasteiger partial charge in [0.2, 0.25) is 0 Å². The fourth-order valence-corrected chi connectivity index (χ4v) is 1.90. The van der Waals surface area contributed by atoms with E-state index in [4.69, 9.17) is 17.0 Å². The number of benzene rings is 2. The molecule has 0 saturated heterocycles. The monoisotopic (exact) mass is 301 g/mol. The number of esters is 1. The number of carbonyl (C=O) groups is 1. The summed E-state index contributed by atoms with van der Waals surface area (Å²) in [6.45, 7) is 0. The molecule has 0 N–H and O–H groups in total. The maximum Gasteiger partial charge on any atom is 0.337 e. The highest BCUT2D eigenvalue weighted by molar-refractivity contribution is 7.80. The van der Waals surface area contributed by atoms with Crippen LogP contribution in [0.3, 0.4) is 0 Å². The molecule has 2 rings (SSSR count). The van der Waals surface area contributed by atoms with E-state index in [2.05, 4.69) is 4.74 Å². The molecule has 0 fully saturated rings. The van der Waals surface area contributed by atoms with E-state index in [1.807, 2.05) is 37.4 Å². The van der Waals surface area contributed by atoms with E-state index >= 15 is 0 Å². The maximum atomic E-state index is 11.3. The average molecular weight is 301 g/mol. The van der Waals surface area contributed by atoms with Crippen molar-refractivity contribution in [2.75, 3.05) is 19.1 Å². The second kappa shape index (κ2) is 6.85. The summed E-state index contributed by atoms with van der Waals surface area (Å²) < 4.78 is 10.2. The number of anilines is 1. The molecule has 0 aliphatic heterocycles. The van der Waals surface area contributed by atoms with Crippen molar-refractivity contribution in [1.82, 2.24) is 0 Å². The van der Waals surface area contributed by atoms with Crippen molar-refractivity contribution in [3.8, 4) is 5.75 Å². The van der Waals surface area contributed by atoms with Crippen LogP contribution in [0.25, 0.3) is 0 Å². The molecule has 0 saturated carbocycles. The highest BCUT2D eigenvalue weighted by atomic mass is 32.1. The van der Waals surface area contributed by atoms with E-state index in [-0.39, 0.29) is 5.97 Å². The van der Waals surface area contributed by atoms with Crippen molar-refractivity contribution in [2.45, 2.75) is 0 Å². The number of carbonyl (C=O) groups excluding carboxylic acids is 1. The number of hydrogen-bond donors (Lipinski definition) is 0. The molecule has 0 amide bonds. The van der Waals surface area contributed by atoms with Crippen LogP contribution >= 0.6 is 12.2 Å². The largest absolute Gasteiger partial charge is 0.465 e. The summed E-state index contributed by atoms with van der Waals surface area (Å²) in [5.41, 5.74) is 1.40. The SMILES string of the molecule is COC(=O)c1ccc(OC(=S)N(C)c2ccccc2)cc1. The number of nitrogens with zero attached hydrogens (tertiary/aromatic N) is 1. The second-order valence-corrected chi connectivity index (χ2v) is 4.63. The minimum atomic E-state index is -0.384. The molecule has 2 aromatic rings. The van der Waals surface area contributed by atoms with Crippen molar-refractivity contribution >= 4 is 29.0 Å². The second-order valence-electron chi connectivity index (χ2n) is 4.28. The number of methoxy groups -OCH3 is 1. The van der Waals surface area contributed by atoms with Crippen LogP contribution in [-0.4, -0.2) is 25.3 Å². The van der Waals surface area contributed by atoms with Gasteiger partial charge in [0.1, 0.15) is 5.75 Å². The molecule has 4 nitrogen and oxygen atoms in total. The summed E-state index contributed by atoms with van der Waals surface area (Å²) in [7, 11) is 3.18. The zero-order valence-electron chi connectivity index (χ0n) is 11.8. The van der Waals surface area contributed by atoms with E-state index in [0.29, 0.717) is 16.5 Å². The number of ether oxygens (including phenoxy) is 2. The highest BCUT2D eigenvalue weighted by Crippen LogP contribution is 2.17. The zero-order chi connectivity index (χ0) is 15.2. The van der Waals surface area contributed by atoms with Gasteiger partial charge >= 0.3 is 5.97 Å². The van der Waals surface area contributed by atoms with E-state index < -0.39 is 0 Å². The van der Waals surface area contributed by atoms with Gasteiger partial charge in [-0.25, -0.2) is 4.79 Å². The maximum absolute atomic E-state index is 11.3. The summed E-state index contributed by atoms with van der Waals surface area (Å²) in [6, 6.07) is 16.3. The van der Waals surface area contributed by atoms with E-state index in [0.717, 1.165) is 5.69 Å². The van der Waals surface area contributed by atoms with Crippen LogP contribution in [0.5, 0.6) is 5.75 Å². The lowest BCUT2D eigenvalue weighted by molar-refractivity contribution is 0.0600. The number of rotatable bonds is 3. The number of hydrogen-bond acceptors (Lipinski definition) is 4. The summed E-state index contributed by atoms with van der Waals surface area (Å²) >= 11 is 5.26. The predicted molar refractivity (Wildman–Crippen MR) is 85.9 cm³/mol. The molecule has 0 bridgehead atoms. The van der Waals surface area contributed by atoms with Crippen LogP contribution in [0, 0.1) is 0 Å². The third-order valence-electron chi connectivity index (χ3n) is 2.90. The van der Waals surface area contributed by atoms with Gasteiger partial charge in [-0.2, -0.15) is 0 Å². The van der Waals surface area contributed by atoms with Gasteiger partial charge in [0.25, 0.3) is 5.17 Å². The highest BCUT2D eigenvalue weighted by Gasteiger charge is 2.10. The molecular formula is C16H15NO3S. The van der Waals surface area contributed by atoms with E-state index in [1.54, 1.807) is 29.2 Å². The Morgan fingerprint density at radius 2 is 1.67 bits per heavy atom. The molecule has 21 heavy (non-hydrogen) atoms. The lowest BCUT2D eigenvalue weighted by Gasteiger charge is -2.19. The number of thiocarbonyl (C=S) groups is 1. The molecule has 2 aromatic carbocycles. The first-order valence-electron chi connectivity index (χ1n) is 6.31. The van der Waals surface area contributed by atoms with Crippen LogP contribution in [-0.2, 0) is 4.74 Å². The first-order chi connectivity index (χ1) is 10.1. The molecule has 0 unspecified atom stereocenters. The minimum Gasteiger partial charge on any atom is -0.465 e. The van der Waals surface area contributed by atoms with Gasteiger partial charge in [0, 0.05) is 12.7 Å². The summed E-state index contributed by atoms with van der Waals surface area (Å²) in [6.07, 6.45) is 0. The van der Waals surface area contributed by atoms with Gasteiger partial charge in [-0.15, -0.1) is 0 Å². The van der Waals surface area contributed by atoms with Crippen LogP contribution < -0.4 is 9.64 Å². The van der Waals surface area contributed by atoms with Gasteiger partial charge in [0.05, 0.1) is 12.7 Å². The molecule has 0 spiro atoms. The van der Waals surface area contributed by atoms with Gasteiger partial charge in [-0.3, -0.25) is 0 Å². The fraction of sp³-hybridized carbons (Fsp3) is 0.125. The molecular weight excluding hydrogens is 286 g/mol. The molecule has 0 atom stereocenters. The van der Waals surface area contributed by atoms with Crippen molar-refractivity contribution in [1.29, 1.82) is 0 Å². The Hall–Kier alpha value is -2.40. The van der Waals surface area contributed by atoms with Crippen LogP contribution in [0.1, 0.15) is 10.4 Å². The Labute approximate surface area is 128 Å². The van der Waals surface area contributed by atoms with Crippen LogP contribution in [0.2, 0.25) is 0 Å². The normalized spacial score (nSPS) is 9.81. The average Bonchev–Trinajstić information content (AvgIpc) is 2.55. The number of para-hydroxylation sites is 1. The van der Waals surface area contributed by atoms with Crippen LogP contribution in [0.15, 0.2) is 54.6 Å². The zero-order valence-corrected chi connectivity index (χ0v) is 12.6. The van der Waals surface area contributed by atoms with Crippen molar-refractivity contribution < 1.29 is 14.3 Å². The van der Waals surface area contributed by atoms with Gasteiger partial charge in [-0.1, -0.05) is 18.2 Å². The topological polar surface area (TPSA) is 38.8 Å². The summed E-state index contributed by atoms with van der Waals surface area (Å²) in [5.74, 6) is 0.181.